The first-order valence-corrected chi connectivity index (χ1v) is 11.1. The number of allylic oxidation sites excluding steroid dienone is 3. The Kier molecular flexibility index (Phi) is 7.96. The Morgan fingerprint density at radius 2 is 1.91 bits per heavy atom. The average Bonchev–Trinajstić information content (AvgIpc) is 3.31. The van der Waals surface area contributed by atoms with Gasteiger partial charge in [-0.05, 0) is 73.9 Å². The number of ether oxygens (including phenoxy) is 1. The molecule has 3 rings (SSSR count). The molecular weight excluding hydrogens is 414 g/mol. The number of amides is 1. The monoisotopic (exact) mass is 445 g/mol. The van der Waals surface area contributed by atoms with Gasteiger partial charge in [-0.2, -0.15) is 5.26 Å². The van der Waals surface area contributed by atoms with Crippen LogP contribution in [-0.4, -0.2) is 46.2 Å². The average molecular weight is 446 g/mol. The Bertz CT molecular complexity index is 1110. The van der Waals surface area contributed by atoms with Crippen LogP contribution in [0.4, 0.5) is 0 Å². The molecule has 0 spiro atoms. The lowest BCUT2D eigenvalue weighted by atomic mass is 9.88. The van der Waals surface area contributed by atoms with Crippen LogP contribution in [0.2, 0.25) is 0 Å². The van der Waals surface area contributed by atoms with Crippen LogP contribution < -0.4 is 0 Å². The number of benzene rings is 1. The molecule has 1 amide bonds. The summed E-state index contributed by atoms with van der Waals surface area (Å²) < 4.78 is 5.08. The predicted octanol–water partition coefficient (Wildman–Crippen LogP) is 4.52. The smallest absolute Gasteiger partial charge is 0.253 e. The van der Waals surface area contributed by atoms with Crippen molar-refractivity contribution in [1.29, 1.82) is 5.26 Å². The standard InChI is InChI=1S/C26H31N5O2/c1-17(19(3)25-28-24(16-33-5)29-30-25)14-18(2)20(4)26(32)31-12-10-23(11-13-31)22-8-6-21(15-27)7-9-22/h6-9,14,23H,4,10-13,16H2,1-3,5H3,(H,28,29,30)/b18-14-,19-17+. The van der Waals surface area contributed by atoms with Gasteiger partial charge in [-0.25, -0.2) is 0 Å². The quantitative estimate of drug-likeness (QED) is 0.499. The van der Waals surface area contributed by atoms with Crippen molar-refractivity contribution in [3.05, 3.63) is 76.4 Å². The Morgan fingerprint density at radius 1 is 1.24 bits per heavy atom. The van der Waals surface area contributed by atoms with E-state index in [4.69, 9.17) is 10.00 Å². The number of hydrogen-bond donors (Lipinski definition) is 1. The van der Waals surface area contributed by atoms with Crippen molar-refractivity contribution in [2.45, 2.75) is 46.1 Å². The minimum absolute atomic E-state index is 0.0190. The van der Waals surface area contributed by atoms with Crippen LogP contribution in [0.25, 0.3) is 5.57 Å². The van der Waals surface area contributed by atoms with Gasteiger partial charge in [0.25, 0.3) is 5.91 Å². The third kappa shape index (κ3) is 5.85. The van der Waals surface area contributed by atoms with E-state index in [0.717, 1.165) is 29.6 Å². The van der Waals surface area contributed by atoms with Gasteiger partial charge in [-0.3, -0.25) is 4.79 Å². The molecule has 1 N–H and O–H groups in total. The van der Waals surface area contributed by atoms with Crippen molar-refractivity contribution >= 4 is 11.5 Å². The number of hydrogen-bond acceptors (Lipinski definition) is 5. The predicted molar refractivity (Wildman–Crippen MR) is 128 cm³/mol. The molecule has 0 aliphatic carbocycles. The van der Waals surface area contributed by atoms with Crippen LogP contribution in [0.5, 0.6) is 0 Å². The number of carbonyl (C=O) groups is 1. The van der Waals surface area contributed by atoms with E-state index >= 15 is 0 Å². The number of piperidine rings is 1. The zero-order valence-electron chi connectivity index (χ0n) is 19.8. The molecule has 2 aromatic rings. The SMILES string of the molecule is C=C(C(=O)N1CCC(c2ccc(C#N)cc2)CC1)/C(C)=C\C(C)=C(/C)c1nnc(COC)[nH]1. The van der Waals surface area contributed by atoms with E-state index in [2.05, 4.69) is 27.8 Å². The minimum atomic E-state index is -0.0190. The number of likely N-dealkylation sites (tertiary alicyclic amines) is 1. The van der Waals surface area contributed by atoms with Crippen LogP contribution in [0.1, 0.15) is 62.3 Å². The van der Waals surface area contributed by atoms with Gasteiger partial charge in [0.15, 0.2) is 11.6 Å². The number of carbonyl (C=O) groups excluding carboxylic acids is 1. The molecule has 2 heterocycles. The Morgan fingerprint density at radius 3 is 2.52 bits per heavy atom. The number of aromatic amines is 1. The number of aromatic nitrogens is 3. The summed E-state index contributed by atoms with van der Waals surface area (Å²) in [6.45, 7) is 11.7. The summed E-state index contributed by atoms with van der Waals surface area (Å²) in [5, 5.41) is 17.2. The van der Waals surface area contributed by atoms with Crippen LogP contribution in [0.3, 0.4) is 0 Å². The largest absolute Gasteiger partial charge is 0.377 e. The molecule has 7 heteroatoms. The van der Waals surface area contributed by atoms with E-state index in [9.17, 15) is 4.79 Å². The zero-order chi connectivity index (χ0) is 24.0. The molecule has 172 valence electrons. The third-order valence-electron chi connectivity index (χ3n) is 6.22. The molecule has 0 bridgehead atoms. The fourth-order valence-corrected chi connectivity index (χ4v) is 3.98. The second-order valence-corrected chi connectivity index (χ2v) is 8.47. The molecule has 0 atom stereocenters. The molecule has 1 aromatic heterocycles. The van der Waals surface area contributed by atoms with E-state index in [1.165, 1.54) is 5.56 Å². The van der Waals surface area contributed by atoms with Gasteiger partial charge >= 0.3 is 0 Å². The summed E-state index contributed by atoms with van der Waals surface area (Å²) in [7, 11) is 1.61. The normalized spacial score (nSPS) is 15.7. The van der Waals surface area contributed by atoms with Gasteiger partial charge in [-0.15, -0.1) is 10.2 Å². The molecule has 1 aliphatic rings. The van der Waals surface area contributed by atoms with Gasteiger partial charge in [-0.1, -0.05) is 24.8 Å². The lowest BCUT2D eigenvalue weighted by molar-refractivity contribution is -0.127. The zero-order valence-corrected chi connectivity index (χ0v) is 19.8. The Balaban J connectivity index is 1.62. The molecule has 1 fully saturated rings. The molecule has 0 radical (unpaired) electrons. The fourth-order valence-electron chi connectivity index (χ4n) is 3.98. The summed E-state index contributed by atoms with van der Waals surface area (Å²) in [6, 6.07) is 9.92. The van der Waals surface area contributed by atoms with Gasteiger partial charge < -0.3 is 14.6 Å². The molecule has 1 aliphatic heterocycles. The summed E-state index contributed by atoms with van der Waals surface area (Å²) >= 11 is 0. The highest BCUT2D eigenvalue weighted by Crippen LogP contribution is 2.29. The number of H-pyrrole nitrogens is 1. The second kappa shape index (κ2) is 10.9. The summed E-state index contributed by atoms with van der Waals surface area (Å²) in [4.78, 5) is 18.1. The van der Waals surface area contributed by atoms with Crippen molar-refractivity contribution in [2.24, 2.45) is 0 Å². The molecule has 0 unspecified atom stereocenters. The summed E-state index contributed by atoms with van der Waals surface area (Å²) in [6.07, 6.45) is 3.78. The van der Waals surface area contributed by atoms with Gasteiger partial charge in [0.1, 0.15) is 6.61 Å². The first-order valence-electron chi connectivity index (χ1n) is 11.1. The van der Waals surface area contributed by atoms with Crippen molar-refractivity contribution in [1.82, 2.24) is 20.1 Å². The van der Waals surface area contributed by atoms with E-state index in [0.29, 0.717) is 48.4 Å². The van der Waals surface area contributed by atoms with E-state index < -0.39 is 0 Å². The fraction of sp³-hybridized carbons (Fsp3) is 0.385. The van der Waals surface area contributed by atoms with Crippen LogP contribution in [0.15, 0.2) is 53.6 Å². The molecule has 1 saturated heterocycles. The van der Waals surface area contributed by atoms with Crippen molar-refractivity contribution in [3.8, 4) is 6.07 Å². The third-order valence-corrected chi connectivity index (χ3v) is 6.22. The highest BCUT2D eigenvalue weighted by molar-refractivity contribution is 5.97. The van der Waals surface area contributed by atoms with Gasteiger partial charge in [0.2, 0.25) is 0 Å². The van der Waals surface area contributed by atoms with Gasteiger partial charge in [0.05, 0.1) is 11.6 Å². The number of nitrogens with one attached hydrogen (secondary N) is 1. The van der Waals surface area contributed by atoms with Crippen molar-refractivity contribution < 1.29 is 9.53 Å². The maximum atomic E-state index is 13.1. The van der Waals surface area contributed by atoms with E-state index in [1.807, 2.05) is 56.0 Å². The molecule has 33 heavy (non-hydrogen) atoms. The van der Waals surface area contributed by atoms with Crippen molar-refractivity contribution in [3.63, 3.8) is 0 Å². The number of nitrogens with zero attached hydrogens (tertiary/aromatic N) is 4. The van der Waals surface area contributed by atoms with Gasteiger partial charge in [0, 0.05) is 25.8 Å². The molecule has 7 nitrogen and oxygen atoms in total. The highest BCUT2D eigenvalue weighted by atomic mass is 16.5. The van der Waals surface area contributed by atoms with Crippen molar-refractivity contribution in [2.75, 3.05) is 20.2 Å². The lowest BCUT2D eigenvalue weighted by Crippen LogP contribution is -2.38. The van der Waals surface area contributed by atoms with E-state index in [1.54, 1.807) is 7.11 Å². The number of nitriles is 1. The molecule has 0 saturated carbocycles. The highest BCUT2D eigenvalue weighted by Gasteiger charge is 2.25. The van der Waals surface area contributed by atoms with Crippen LogP contribution in [-0.2, 0) is 16.1 Å². The van der Waals surface area contributed by atoms with Crippen LogP contribution in [0, 0.1) is 11.3 Å². The summed E-state index contributed by atoms with van der Waals surface area (Å²) in [5.41, 5.74) is 5.18. The minimum Gasteiger partial charge on any atom is -0.377 e. The topological polar surface area (TPSA) is 94.9 Å². The first kappa shape index (κ1) is 24.1. The molecule has 1 aromatic carbocycles. The van der Waals surface area contributed by atoms with Crippen LogP contribution >= 0.6 is 0 Å². The first-order chi connectivity index (χ1) is 15.8. The lowest BCUT2D eigenvalue weighted by Gasteiger charge is -2.33. The number of methoxy groups -OCH3 is 1. The molecular formula is C26H31N5O2. The maximum Gasteiger partial charge on any atom is 0.253 e. The second-order valence-electron chi connectivity index (χ2n) is 8.47. The maximum absolute atomic E-state index is 13.1. The Hall–Kier alpha value is -3.50. The Labute approximate surface area is 195 Å². The number of rotatable bonds is 7. The van der Waals surface area contributed by atoms with E-state index in [-0.39, 0.29) is 5.91 Å². The summed E-state index contributed by atoms with van der Waals surface area (Å²) in [5.74, 6) is 1.74.